The Balaban J connectivity index is 2.01. The van der Waals surface area contributed by atoms with Crippen LogP contribution in [0.4, 0.5) is 0 Å². The molecule has 0 amide bonds. The quantitative estimate of drug-likeness (QED) is 0.767. The monoisotopic (exact) mass is 303 g/mol. The van der Waals surface area contributed by atoms with Crippen LogP contribution >= 0.6 is 22.9 Å². The van der Waals surface area contributed by atoms with Crippen LogP contribution < -0.4 is 10.5 Å². The lowest BCUT2D eigenvalue weighted by Gasteiger charge is -2.12. The molecule has 0 aliphatic heterocycles. The highest BCUT2D eigenvalue weighted by atomic mass is 35.5. The molecule has 1 unspecified atom stereocenters. The molecule has 3 rings (SSSR count). The third kappa shape index (κ3) is 2.40. The molecule has 102 valence electrons. The lowest BCUT2D eigenvalue weighted by molar-refractivity contribution is 0.414. The normalized spacial score (nSPS) is 12.6. The average Bonchev–Trinajstić information content (AvgIpc) is 2.91. The van der Waals surface area contributed by atoms with E-state index in [0.717, 1.165) is 10.4 Å². The number of hydrogen-bond acceptors (Lipinski definition) is 3. The molecule has 20 heavy (non-hydrogen) atoms. The van der Waals surface area contributed by atoms with Crippen molar-refractivity contribution < 1.29 is 4.74 Å². The molecule has 3 aromatic rings. The van der Waals surface area contributed by atoms with Crippen LogP contribution in [-0.2, 0) is 0 Å². The zero-order chi connectivity index (χ0) is 14.1. The van der Waals surface area contributed by atoms with Crippen LogP contribution in [0.1, 0.15) is 16.5 Å². The maximum Gasteiger partial charge on any atom is 0.137 e. The molecule has 0 aliphatic carbocycles. The summed E-state index contributed by atoms with van der Waals surface area (Å²) in [5.41, 5.74) is 7.36. The second-order valence-corrected chi connectivity index (χ2v) is 6.08. The number of methoxy groups -OCH3 is 1. The van der Waals surface area contributed by atoms with Gasteiger partial charge in [0.2, 0.25) is 0 Å². The lowest BCUT2D eigenvalue weighted by Crippen LogP contribution is -2.10. The standard InChI is InChI=1S/C16H14ClNOS/c1-19-13-8-11(6-7-12(13)17)16(18)15-9-10-4-2-3-5-14(10)20-15/h2-9,16H,18H2,1H3. The Morgan fingerprint density at radius 2 is 1.95 bits per heavy atom. The molecule has 0 radical (unpaired) electrons. The Labute approximate surface area is 126 Å². The predicted molar refractivity (Wildman–Crippen MR) is 85.9 cm³/mol. The third-order valence-corrected chi connectivity index (χ3v) is 4.80. The van der Waals surface area contributed by atoms with Crippen LogP contribution in [0.25, 0.3) is 10.1 Å². The molecule has 0 saturated carbocycles. The van der Waals surface area contributed by atoms with E-state index >= 15 is 0 Å². The number of hydrogen-bond donors (Lipinski definition) is 1. The van der Waals surface area contributed by atoms with Gasteiger partial charge < -0.3 is 10.5 Å². The average molecular weight is 304 g/mol. The van der Waals surface area contributed by atoms with Crippen molar-refractivity contribution in [3.8, 4) is 5.75 Å². The summed E-state index contributed by atoms with van der Waals surface area (Å²) in [5, 5.41) is 1.82. The van der Waals surface area contributed by atoms with Crippen molar-refractivity contribution in [2.24, 2.45) is 5.73 Å². The second-order valence-electron chi connectivity index (χ2n) is 4.56. The fourth-order valence-electron chi connectivity index (χ4n) is 2.19. The van der Waals surface area contributed by atoms with Gasteiger partial charge in [0, 0.05) is 9.58 Å². The van der Waals surface area contributed by atoms with Crippen LogP contribution in [0.2, 0.25) is 5.02 Å². The maximum absolute atomic E-state index is 6.37. The van der Waals surface area contributed by atoms with E-state index in [2.05, 4.69) is 18.2 Å². The highest BCUT2D eigenvalue weighted by Crippen LogP contribution is 2.34. The van der Waals surface area contributed by atoms with Gasteiger partial charge >= 0.3 is 0 Å². The number of halogens is 1. The molecule has 4 heteroatoms. The molecule has 2 aromatic carbocycles. The van der Waals surface area contributed by atoms with Crippen molar-refractivity contribution in [2.45, 2.75) is 6.04 Å². The Morgan fingerprint density at radius 3 is 2.70 bits per heavy atom. The molecule has 0 saturated heterocycles. The molecule has 0 aliphatic rings. The molecule has 2 N–H and O–H groups in total. The van der Waals surface area contributed by atoms with Gasteiger partial charge in [-0.25, -0.2) is 0 Å². The highest BCUT2D eigenvalue weighted by Gasteiger charge is 2.14. The SMILES string of the molecule is COc1cc(C(N)c2cc3ccccc3s2)ccc1Cl. The zero-order valence-electron chi connectivity index (χ0n) is 11.0. The Morgan fingerprint density at radius 1 is 1.15 bits per heavy atom. The van der Waals surface area contributed by atoms with Crippen LogP contribution in [-0.4, -0.2) is 7.11 Å². The van der Waals surface area contributed by atoms with Crippen molar-refractivity contribution in [2.75, 3.05) is 7.11 Å². The topological polar surface area (TPSA) is 35.2 Å². The van der Waals surface area contributed by atoms with E-state index in [0.29, 0.717) is 10.8 Å². The van der Waals surface area contributed by atoms with E-state index in [1.54, 1.807) is 18.4 Å². The van der Waals surface area contributed by atoms with E-state index in [1.807, 2.05) is 30.3 Å². The van der Waals surface area contributed by atoms with Crippen molar-refractivity contribution in [3.05, 3.63) is 64.0 Å². The second kappa shape index (κ2) is 5.44. The van der Waals surface area contributed by atoms with E-state index in [9.17, 15) is 0 Å². The first kappa shape index (κ1) is 13.4. The molecule has 0 spiro atoms. The summed E-state index contributed by atoms with van der Waals surface area (Å²) in [7, 11) is 1.61. The van der Waals surface area contributed by atoms with Gasteiger partial charge in [0.25, 0.3) is 0 Å². The summed E-state index contributed by atoms with van der Waals surface area (Å²) >= 11 is 7.77. The number of nitrogens with two attached hydrogens (primary N) is 1. The Kier molecular flexibility index (Phi) is 3.66. The van der Waals surface area contributed by atoms with Crippen molar-refractivity contribution in [1.82, 2.24) is 0 Å². The van der Waals surface area contributed by atoms with Gasteiger partial charge in [0.15, 0.2) is 0 Å². The summed E-state index contributed by atoms with van der Waals surface area (Å²) < 4.78 is 6.50. The number of ether oxygens (including phenoxy) is 1. The Bertz CT molecular complexity index is 720. The summed E-state index contributed by atoms with van der Waals surface area (Å²) in [6, 6.07) is 15.9. The van der Waals surface area contributed by atoms with Gasteiger partial charge in [-0.3, -0.25) is 0 Å². The minimum absolute atomic E-state index is 0.168. The van der Waals surface area contributed by atoms with Crippen molar-refractivity contribution in [1.29, 1.82) is 0 Å². The first-order valence-electron chi connectivity index (χ1n) is 6.26. The van der Waals surface area contributed by atoms with Crippen LogP contribution in [0.15, 0.2) is 48.5 Å². The van der Waals surface area contributed by atoms with E-state index in [4.69, 9.17) is 22.1 Å². The van der Waals surface area contributed by atoms with E-state index in [1.165, 1.54) is 10.1 Å². The smallest absolute Gasteiger partial charge is 0.137 e. The number of benzene rings is 2. The van der Waals surface area contributed by atoms with Crippen LogP contribution in [0.3, 0.4) is 0 Å². The first-order valence-corrected chi connectivity index (χ1v) is 7.46. The number of fused-ring (bicyclic) bond motifs is 1. The first-order chi connectivity index (χ1) is 9.69. The zero-order valence-corrected chi connectivity index (χ0v) is 12.5. The third-order valence-electron chi connectivity index (χ3n) is 3.29. The van der Waals surface area contributed by atoms with Crippen molar-refractivity contribution in [3.63, 3.8) is 0 Å². The molecular formula is C16H14ClNOS. The fraction of sp³-hybridized carbons (Fsp3) is 0.125. The van der Waals surface area contributed by atoms with E-state index in [-0.39, 0.29) is 6.04 Å². The summed E-state index contributed by atoms with van der Waals surface area (Å²) in [4.78, 5) is 1.13. The highest BCUT2D eigenvalue weighted by molar-refractivity contribution is 7.19. The molecule has 1 heterocycles. The summed E-state index contributed by atoms with van der Waals surface area (Å²) in [6.07, 6.45) is 0. The molecule has 0 bridgehead atoms. The van der Waals surface area contributed by atoms with Crippen LogP contribution in [0, 0.1) is 0 Å². The minimum atomic E-state index is -0.168. The van der Waals surface area contributed by atoms with Gasteiger partial charge in [-0.15, -0.1) is 11.3 Å². The van der Waals surface area contributed by atoms with Crippen molar-refractivity contribution >= 4 is 33.0 Å². The summed E-state index contributed by atoms with van der Waals surface area (Å²) in [6.45, 7) is 0. The largest absolute Gasteiger partial charge is 0.495 e. The number of thiophene rings is 1. The van der Waals surface area contributed by atoms with Gasteiger partial charge in [-0.05, 0) is 35.2 Å². The molecule has 1 aromatic heterocycles. The van der Waals surface area contributed by atoms with Gasteiger partial charge in [-0.2, -0.15) is 0 Å². The predicted octanol–water partition coefficient (Wildman–Crippen LogP) is 4.61. The molecule has 2 nitrogen and oxygen atoms in total. The Hall–Kier alpha value is -1.55. The van der Waals surface area contributed by atoms with E-state index < -0.39 is 0 Å². The lowest BCUT2D eigenvalue weighted by atomic mass is 10.1. The van der Waals surface area contributed by atoms with Crippen LogP contribution in [0.5, 0.6) is 5.75 Å². The van der Waals surface area contributed by atoms with Gasteiger partial charge in [0.1, 0.15) is 5.75 Å². The van der Waals surface area contributed by atoms with Gasteiger partial charge in [0.05, 0.1) is 18.2 Å². The number of rotatable bonds is 3. The molecular weight excluding hydrogens is 290 g/mol. The minimum Gasteiger partial charge on any atom is -0.495 e. The molecule has 0 fully saturated rings. The van der Waals surface area contributed by atoms with Gasteiger partial charge in [-0.1, -0.05) is 35.9 Å². The molecule has 1 atom stereocenters. The summed E-state index contributed by atoms with van der Waals surface area (Å²) in [5.74, 6) is 0.653. The fourth-order valence-corrected chi connectivity index (χ4v) is 3.48. The maximum atomic E-state index is 6.37.